The van der Waals surface area contributed by atoms with E-state index in [-0.39, 0.29) is 35.7 Å². The van der Waals surface area contributed by atoms with Gasteiger partial charge in [0, 0.05) is 31.1 Å². The Kier molecular flexibility index (Phi) is 9.61. The zero-order valence-electron chi connectivity index (χ0n) is 15.8. The van der Waals surface area contributed by atoms with Crippen LogP contribution in [0.15, 0.2) is 33.8 Å². The van der Waals surface area contributed by atoms with Crippen LogP contribution in [-0.2, 0) is 6.42 Å². The van der Waals surface area contributed by atoms with E-state index in [1.54, 1.807) is 12.1 Å². The third kappa shape index (κ3) is 6.59. The quantitative estimate of drug-likeness (QED) is 0.363. The molecule has 144 valence electrons. The third-order valence-corrected chi connectivity index (χ3v) is 4.07. The molecule has 0 bridgehead atoms. The van der Waals surface area contributed by atoms with Gasteiger partial charge in [0.2, 0.25) is 0 Å². The highest BCUT2D eigenvalue weighted by atomic mass is 127. The normalized spacial score (nSPS) is 12.4. The van der Waals surface area contributed by atoms with Crippen molar-refractivity contribution in [2.45, 2.75) is 40.0 Å². The number of aromatic nitrogens is 1. The number of nitrogens with zero attached hydrogens (tertiary/aromatic N) is 2. The van der Waals surface area contributed by atoms with Crippen molar-refractivity contribution in [2.24, 2.45) is 4.99 Å². The van der Waals surface area contributed by atoms with Crippen LogP contribution in [0, 0.1) is 19.7 Å². The van der Waals surface area contributed by atoms with Crippen molar-refractivity contribution in [3.05, 3.63) is 52.7 Å². The summed E-state index contributed by atoms with van der Waals surface area (Å²) < 4.78 is 18.2. The number of hydrogen-bond donors (Lipinski definition) is 2. The van der Waals surface area contributed by atoms with E-state index < -0.39 is 0 Å². The fourth-order valence-corrected chi connectivity index (χ4v) is 2.83. The fourth-order valence-electron chi connectivity index (χ4n) is 2.83. The van der Waals surface area contributed by atoms with Crippen molar-refractivity contribution in [3.8, 4) is 0 Å². The highest BCUT2D eigenvalue weighted by molar-refractivity contribution is 14.0. The lowest BCUT2D eigenvalue weighted by molar-refractivity contribution is 0.391. The molecule has 1 aromatic heterocycles. The van der Waals surface area contributed by atoms with Gasteiger partial charge in [-0.1, -0.05) is 24.2 Å². The van der Waals surface area contributed by atoms with Gasteiger partial charge in [0.05, 0.1) is 5.69 Å². The molecule has 0 aliphatic heterocycles. The molecule has 2 N–H and O–H groups in total. The second kappa shape index (κ2) is 11.2. The first-order chi connectivity index (χ1) is 12.0. The average molecular weight is 474 g/mol. The molecule has 0 aliphatic rings. The Bertz CT molecular complexity index is 681. The average Bonchev–Trinajstić information content (AvgIpc) is 2.93. The summed E-state index contributed by atoms with van der Waals surface area (Å²) in [5.41, 5.74) is 3.15. The fraction of sp³-hybridized carbons (Fsp3) is 0.474. The number of aryl methyl sites for hydroxylation is 2. The Labute approximate surface area is 171 Å². The van der Waals surface area contributed by atoms with Crippen molar-refractivity contribution in [3.63, 3.8) is 0 Å². The van der Waals surface area contributed by atoms with Crippen LogP contribution in [-0.4, -0.2) is 30.8 Å². The molecule has 0 saturated carbocycles. The highest BCUT2D eigenvalue weighted by Gasteiger charge is 2.16. The molecule has 0 spiro atoms. The van der Waals surface area contributed by atoms with Gasteiger partial charge >= 0.3 is 0 Å². The molecule has 1 atom stereocenters. The first-order valence-corrected chi connectivity index (χ1v) is 8.70. The van der Waals surface area contributed by atoms with Crippen molar-refractivity contribution in [2.75, 3.05) is 19.6 Å². The van der Waals surface area contributed by atoms with Crippen LogP contribution in [0.2, 0.25) is 0 Å². The summed E-state index contributed by atoms with van der Waals surface area (Å²) in [5.74, 6) is 1.66. The SMILES string of the molecule is CCNC(=NCC(C)c1c(C)noc1C)NCCc1ccc(F)cc1.I. The second-order valence-corrected chi connectivity index (χ2v) is 6.16. The molecule has 5 nitrogen and oxygen atoms in total. The number of halogens is 2. The largest absolute Gasteiger partial charge is 0.361 e. The van der Waals surface area contributed by atoms with E-state index in [0.29, 0.717) is 6.54 Å². The van der Waals surface area contributed by atoms with E-state index in [9.17, 15) is 4.39 Å². The minimum atomic E-state index is -0.208. The van der Waals surface area contributed by atoms with Crippen LogP contribution in [0.1, 0.15) is 42.3 Å². The van der Waals surface area contributed by atoms with Gasteiger partial charge in [0.15, 0.2) is 5.96 Å². The molecule has 0 saturated heterocycles. The van der Waals surface area contributed by atoms with Gasteiger partial charge in [-0.05, 0) is 44.9 Å². The van der Waals surface area contributed by atoms with Gasteiger partial charge in [-0.15, -0.1) is 24.0 Å². The number of benzene rings is 1. The topological polar surface area (TPSA) is 62.5 Å². The molecule has 0 radical (unpaired) electrons. The smallest absolute Gasteiger partial charge is 0.191 e. The second-order valence-electron chi connectivity index (χ2n) is 6.16. The molecule has 1 unspecified atom stereocenters. The van der Waals surface area contributed by atoms with Crippen LogP contribution >= 0.6 is 24.0 Å². The molecular weight excluding hydrogens is 446 g/mol. The maximum absolute atomic E-state index is 12.9. The maximum atomic E-state index is 12.9. The van der Waals surface area contributed by atoms with E-state index in [4.69, 9.17) is 4.52 Å². The molecule has 1 aromatic carbocycles. The lowest BCUT2D eigenvalue weighted by Gasteiger charge is -2.13. The third-order valence-electron chi connectivity index (χ3n) is 4.07. The number of aliphatic imine (C=N–C) groups is 1. The molecule has 2 aromatic rings. The number of hydrogen-bond acceptors (Lipinski definition) is 3. The van der Waals surface area contributed by atoms with E-state index in [1.165, 1.54) is 12.1 Å². The first-order valence-electron chi connectivity index (χ1n) is 8.70. The van der Waals surface area contributed by atoms with Crippen LogP contribution in [0.3, 0.4) is 0 Å². The summed E-state index contributed by atoms with van der Waals surface area (Å²) in [4.78, 5) is 4.66. The predicted molar refractivity (Wildman–Crippen MR) is 114 cm³/mol. The molecule has 0 aliphatic carbocycles. The molecule has 26 heavy (non-hydrogen) atoms. The minimum absolute atomic E-state index is 0. The van der Waals surface area contributed by atoms with Crippen LogP contribution in [0.5, 0.6) is 0 Å². The molecule has 1 heterocycles. The zero-order valence-corrected chi connectivity index (χ0v) is 18.1. The van der Waals surface area contributed by atoms with E-state index in [1.807, 2.05) is 20.8 Å². The van der Waals surface area contributed by atoms with Crippen molar-refractivity contribution < 1.29 is 8.91 Å². The molecule has 2 rings (SSSR count). The van der Waals surface area contributed by atoms with Gasteiger partial charge < -0.3 is 15.2 Å². The number of nitrogens with one attached hydrogen (secondary N) is 2. The summed E-state index contributed by atoms with van der Waals surface area (Å²) in [5, 5.41) is 10.6. The van der Waals surface area contributed by atoms with Gasteiger partial charge in [-0.3, -0.25) is 4.99 Å². The molecule has 0 amide bonds. The van der Waals surface area contributed by atoms with Gasteiger partial charge in [0.25, 0.3) is 0 Å². The van der Waals surface area contributed by atoms with E-state index >= 15 is 0 Å². The summed E-state index contributed by atoms with van der Waals surface area (Å²) in [7, 11) is 0. The molecule has 7 heteroatoms. The predicted octanol–water partition coefficient (Wildman–Crippen LogP) is 3.95. The highest BCUT2D eigenvalue weighted by Crippen LogP contribution is 2.23. The van der Waals surface area contributed by atoms with E-state index in [0.717, 1.165) is 48.1 Å². The summed E-state index contributed by atoms with van der Waals surface area (Å²) >= 11 is 0. The summed E-state index contributed by atoms with van der Waals surface area (Å²) in [6.07, 6.45) is 0.810. The summed E-state index contributed by atoms with van der Waals surface area (Å²) in [6, 6.07) is 6.58. The standard InChI is InChI=1S/C19H27FN4O.HI/c1-5-21-19(22-11-10-16-6-8-17(20)9-7-16)23-12-13(2)18-14(3)24-25-15(18)4;/h6-9,13H,5,10-12H2,1-4H3,(H2,21,22,23);1H. The first kappa shape index (κ1) is 22.4. The lowest BCUT2D eigenvalue weighted by atomic mass is 10.00. The van der Waals surface area contributed by atoms with Gasteiger partial charge in [-0.25, -0.2) is 4.39 Å². The van der Waals surface area contributed by atoms with Gasteiger partial charge in [0.1, 0.15) is 11.6 Å². The van der Waals surface area contributed by atoms with Crippen LogP contribution < -0.4 is 10.6 Å². The summed E-state index contributed by atoms with van der Waals surface area (Å²) in [6.45, 7) is 10.2. The monoisotopic (exact) mass is 474 g/mol. The number of rotatable bonds is 7. The van der Waals surface area contributed by atoms with Crippen LogP contribution in [0.4, 0.5) is 4.39 Å². The van der Waals surface area contributed by atoms with Crippen molar-refractivity contribution in [1.29, 1.82) is 0 Å². The Morgan fingerprint density at radius 3 is 2.50 bits per heavy atom. The van der Waals surface area contributed by atoms with Crippen molar-refractivity contribution in [1.82, 2.24) is 15.8 Å². The van der Waals surface area contributed by atoms with E-state index in [2.05, 4.69) is 27.7 Å². The Balaban J connectivity index is 0.00000338. The molecular formula is C19H28FIN4O. The lowest BCUT2D eigenvalue weighted by Crippen LogP contribution is -2.38. The Morgan fingerprint density at radius 2 is 1.92 bits per heavy atom. The van der Waals surface area contributed by atoms with Gasteiger partial charge in [-0.2, -0.15) is 0 Å². The number of guanidine groups is 1. The molecule has 0 fully saturated rings. The van der Waals surface area contributed by atoms with Crippen molar-refractivity contribution >= 4 is 29.9 Å². The minimum Gasteiger partial charge on any atom is -0.361 e. The Morgan fingerprint density at radius 1 is 1.23 bits per heavy atom. The zero-order chi connectivity index (χ0) is 18.2. The maximum Gasteiger partial charge on any atom is 0.191 e. The Hall–Kier alpha value is -1.64. The van der Waals surface area contributed by atoms with Crippen LogP contribution in [0.25, 0.3) is 0 Å².